The molecule has 96 valence electrons. The standard InChI is InChI=1S/C15H19NOS/c1-15(2,3)13(17-4)14-16-12(10-18-14)11-8-6-5-7-9-11/h5-10,13H,1-4H3. The number of methoxy groups -OCH3 is 1. The first kappa shape index (κ1) is 13.2. The molecule has 18 heavy (non-hydrogen) atoms. The predicted molar refractivity (Wildman–Crippen MR) is 76.8 cm³/mol. The summed E-state index contributed by atoms with van der Waals surface area (Å²) in [6.45, 7) is 6.51. The second-order valence-electron chi connectivity index (χ2n) is 5.42. The Kier molecular flexibility index (Phi) is 3.83. The van der Waals surface area contributed by atoms with E-state index in [0.717, 1.165) is 16.3 Å². The fraction of sp³-hybridized carbons (Fsp3) is 0.400. The smallest absolute Gasteiger partial charge is 0.123 e. The van der Waals surface area contributed by atoms with Crippen molar-refractivity contribution in [1.82, 2.24) is 4.98 Å². The molecule has 0 spiro atoms. The van der Waals surface area contributed by atoms with Crippen LogP contribution in [0.25, 0.3) is 11.3 Å². The topological polar surface area (TPSA) is 22.1 Å². The summed E-state index contributed by atoms with van der Waals surface area (Å²) in [5.41, 5.74) is 2.24. The highest BCUT2D eigenvalue weighted by molar-refractivity contribution is 7.10. The molecule has 0 saturated carbocycles. The number of aromatic nitrogens is 1. The first-order valence-corrected chi connectivity index (χ1v) is 6.94. The van der Waals surface area contributed by atoms with Crippen molar-refractivity contribution in [3.8, 4) is 11.3 Å². The lowest BCUT2D eigenvalue weighted by molar-refractivity contribution is 0.0151. The molecule has 0 bridgehead atoms. The molecule has 1 unspecified atom stereocenters. The Labute approximate surface area is 113 Å². The zero-order valence-electron chi connectivity index (χ0n) is 11.3. The Morgan fingerprint density at radius 3 is 2.39 bits per heavy atom. The average Bonchev–Trinajstić information content (AvgIpc) is 2.78. The molecule has 0 amide bonds. The number of ether oxygens (including phenoxy) is 1. The highest BCUT2D eigenvalue weighted by Crippen LogP contribution is 2.38. The van der Waals surface area contributed by atoms with E-state index in [1.165, 1.54) is 0 Å². The van der Waals surface area contributed by atoms with Crippen molar-refractivity contribution in [3.63, 3.8) is 0 Å². The predicted octanol–water partition coefficient (Wildman–Crippen LogP) is 4.54. The van der Waals surface area contributed by atoms with Crippen molar-refractivity contribution in [3.05, 3.63) is 40.7 Å². The summed E-state index contributed by atoms with van der Waals surface area (Å²) in [5, 5.41) is 3.14. The summed E-state index contributed by atoms with van der Waals surface area (Å²) in [7, 11) is 1.75. The van der Waals surface area contributed by atoms with Gasteiger partial charge in [-0.2, -0.15) is 0 Å². The van der Waals surface area contributed by atoms with Crippen LogP contribution in [-0.4, -0.2) is 12.1 Å². The van der Waals surface area contributed by atoms with Gasteiger partial charge in [0.05, 0.1) is 5.69 Å². The monoisotopic (exact) mass is 261 g/mol. The van der Waals surface area contributed by atoms with Crippen LogP contribution in [-0.2, 0) is 4.74 Å². The molecular formula is C15H19NOS. The SMILES string of the molecule is COC(c1nc(-c2ccccc2)cs1)C(C)(C)C. The van der Waals surface area contributed by atoms with Gasteiger partial charge in [0.25, 0.3) is 0 Å². The summed E-state index contributed by atoms with van der Waals surface area (Å²) in [5.74, 6) is 0. The first-order chi connectivity index (χ1) is 8.52. The minimum absolute atomic E-state index is 0.0416. The van der Waals surface area contributed by atoms with Gasteiger partial charge in [0.15, 0.2) is 0 Å². The average molecular weight is 261 g/mol. The van der Waals surface area contributed by atoms with Gasteiger partial charge in [-0.3, -0.25) is 0 Å². The van der Waals surface area contributed by atoms with Gasteiger partial charge in [-0.1, -0.05) is 51.1 Å². The Morgan fingerprint density at radius 1 is 1.17 bits per heavy atom. The van der Waals surface area contributed by atoms with E-state index in [2.05, 4.69) is 38.3 Å². The van der Waals surface area contributed by atoms with E-state index in [1.807, 2.05) is 18.2 Å². The van der Waals surface area contributed by atoms with Gasteiger partial charge in [-0.15, -0.1) is 11.3 Å². The van der Waals surface area contributed by atoms with Gasteiger partial charge in [-0.25, -0.2) is 4.98 Å². The van der Waals surface area contributed by atoms with Crippen molar-refractivity contribution in [2.75, 3.05) is 7.11 Å². The molecule has 1 heterocycles. The van der Waals surface area contributed by atoms with Crippen LogP contribution >= 0.6 is 11.3 Å². The molecule has 0 N–H and O–H groups in total. The van der Waals surface area contributed by atoms with Crippen LogP contribution in [0.1, 0.15) is 31.9 Å². The maximum atomic E-state index is 5.60. The van der Waals surface area contributed by atoms with E-state index < -0.39 is 0 Å². The maximum Gasteiger partial charge on any atom is 0.123 e. The number of hydrogen-bond acceptors (Lipinski definition) is 3. The van der Waals surface area contributed by atoms with E-state index in [-0.39, 0.29) is 11.5 Å². The fourth-order valence-electron chi connectivity index (χ4n) is 1.97. The zero-order chi connectivity index (χ0) is 13.2. The molecular weight excluding hydrogens is 242 g/mol. The van der Waals surface area contributed by atoms with Gasteiger partial charge in [0, 0.05) is 18.1 Å². The molecule has 0 fully saturated rings. The largest absolute Gasteiger partial charge is 0.374 e. The molecule has 3 heteroatoms. The van der Waals surface area contributed by atoms with Gasteiger partial charge >= 0.3 is 0 Å². The van der Waals surface area contributed by atoms with E-state index in [1.54, 1.807) is 18.4 Å². The highest BCUT2D eigenvalue weighted by atomic mass is 32.1. The lowest BCUT2D eigenvalue weighted by atomic mass is 9.89. The van der Waals surface area contributed by atoms with Crippen molar-refractivity contribution in [2.24, 2.45) is 5.41 Å². The second kappa shape index (κ2) is 5.21. The normalized spacial score (nSPS) is 13.6. The second-order valence-corrected chi connectivity index (χ2v) is 6.31. The van der Waals surface area contributed by atoms with Crippen molar-refractivity contribution < 1.29 is 4.74 Å². The Hall–Kier alpha value is -1.19. The van der Waals surface area contributed by atoms with E-state index in [0.29, 0.717) is 0 Å². The summed E-state index contributed by atoms with van der Waals surface area (Å²) in [6, 6.07) is 10.2. The van der Waals surface area contributed by atoms with Crippen molar-refractivity contribution in [2.45, 2.75) is 26.9 Å². The molecule has 2 nitrogen and oxygen atoms in total. The molecule has 0 aliphatic rings. The molecule has 0 aliphatic carbocycles. The zero-order valence-corrected chi connectivity index (χ0v) is 12.1. The van der Waals surface area contributed by atoms with Gasteiger partial charge in [0.1, 0.15) is 11.1 Å². The van der Waals surface area contributed by atoms with Crippen LogP contribution in [0.3, 0.4) is 0 Å². The molecule has 0 aliphatic heterocycles. The number of thiazole rings is 1. The van der Waals surface area contributed by atoms with Crippen LogP contribution in [0.4, 0.5) is 0 Å². The molecule has 0 saturated heterocycles. The van der Waals surface area contributed by atoms with E-state index in [4.69, 9.17) is 9.72 Å². The van der Waals surface area contributed by atoms with Gasteiger partial charge < -0.3 is 4.74 Å². The molecule has 1 aromatic heterocycles. The van der Waals surface area contributed by atoms with E-state index >= 15 is 0 Å². The Bertz CT molecular complexity index is 499. The van der Waals surface area contributed by atoms with Crippen LogP contribution in [0.2, 0.25) is 0 Å². The third kappa shape index (κ3) is 2.79. The van der Waals surface area contributed by atoms with Gasteiger partial charge in [0.2, 0.25) is 0 Å². The number of benzene rings is 1. The molecule has 2 rings (SSSR count). The molecule has 1 atom stereocenters. The first-order valence-electron chi connectivity index (χ1n) is 6.06. The number of rotatable bonds is 3. The summed E-state index contributed by atoms with van der Waals surface area (Å²) < 4.78 is 5.60. The molecule has 2 aromatic rings. The summed E-state index contributed by atoms with van der Waals surface area (Å²) in [4.78, 5) is 4.71. The van der Waals surface area contributed by atoms with Crippen LogP contribution in [0.5, 0.6) is 0 Å². The summed E-state index contributed by atoms with van der Waals surface area (Å²) >= 11 is 1.67. The number of nitrogens with zero attached hydrogens (tertiary/aromatic N) is 1. The number of hydrogen-bond donors (Lipinski definition) is 0. The third-order valence-electron chi connectivity index (χ3n) is 2.84. The van der Waals surface area contributed by atoms with Crippen molar-refractivity contribution >= 4 is 11.3 Å². The summed E-state index contributed by atoms with van der Waals surface area (Å²) in [6.07, 6.45) is 0.0416. The lowest BCUT2D eigenvalue weighted by Gasteiger charge is -2.27. The van der Waals surface area contributed by atoms with Crippen LogP contribution in [0, 0.1) is 5.41 Å². The Morgan fingerprint density at radius 2 is 1.83 bits per heavy atom. The van der Waals surface area contributed by atoms with Crippen molar-refractivity contribution in [1.29, 1.82) is 0 Å². The Balaban J connectivity index is 2.31. The quantitative estimate of drug-likeness (QED) is 0.809. The molecule has 1 aromatic carbocycles. The van der Waals surface area contributed by atoms with E-state index in [9.17, 15) is 0 Å². The molecule has 0 radical (unpaired) electrons. The fourth-order valence-corrected chi connectivity index (χ4v) is 3.12. The van der Waals surface area contributed by atoms with Crippen LogP contribution in [0.15, 0.2) is 35.7 Å². The van der Waals surface area contributed by atoms with Gasteiger partial charge in [-0.05, 0) is 5.41 Å². The minimum Gasteiger partial charge on any atom is -0.374 e. The minimum atomic E-state index is 0.0416. The third-order valence-corrected chi connectivity index (χ3v) is 3.73. The lowest BCUT2D eigenvalue weighted by Crippen LogP contribution is -2.19. The highest BCUT2D eigenvalue weighted by Gasteiger charge is 2.28. The van der Waals surface area contributed by atoms with Crippen LogP contribution < -0.4 is 0 Å². The maximum absolute atomic E-state index is 5.60.